The van der Waals surface area contributed by atoms with Gasteiger partial charge in [-0.25, -0.2) is 0 Å². The number of nitriles is 1. The number of ether oxygens (including phenoxy) is 1. The van der Waals surface area contributed by atoms with Gasteiger partial charge in [-0.3, -0.25) is 14.4 Å². The molecule has 0 aliphatic carbocycles. The molecule has 7 nitrogen and oxygen atoms in total. The molecule has 0 unspecified atom stereocenters. The molecule has 0 amide bonds. The lowest BCUT2D eigenvalue weighted by atomic mass is 10.1. The van der Waals surface area contributed by atoms with Gasteiger partial charge in [0.25, 0.3) is 0 Å². The third-order valence-corrected chi connectivity index (χ3v) is 5.18. The number of Topliss-reactive ketones (excluding diaryl/α,β-unsaturated/α-hetero) is 1. The van der Waals surface area contributed by atoms with Crippen LogP contribution in [0.25, 0.3) is 0 Å². The quantitative estimate of drug-likeness (QED) is 0.445. The molecule has 142 valence electrons. The molecule has 2 aromatic rings. The molecule has 0 saturated heterocycles. The number of thioether (sulfide) groups is 1. The number of nitrogens with one attached hydrogen (secondary N) is 1. The van der Waals surface area contributed by atoms with Crippen molar-refractivity contribution in [1.82, 2.24) is 9.55 Å². The number of carbonyl (C=O) groups excluding carboxylic acids is 2. The number of carbonyl (C=O) groups is 2. The summed E-state index contributed by atoms with van der Waals surface area (Å²) in [6.07, 6.45) is 0. The van der Waals surface area contributed by atoms with Crippen molar-refractivity contribution in [3.8, 4) is 6.07 Å². The van der Waals surface area contributed by atoms with Crippen LogP contribution >= 0.6 is 11.8 Å². The summed E-state index contributed by atoms with van der Waals surface area (Å²) in [7, 11) is 0. The highest BCUT2D eigenvalue weighted by molar-refractivity contribution is 7.99. The molecule has 0 bridgehead atoms. The fraction of sp³-hybridized carbons (Fsp3) is 0.368. The monoisotopic (exact) mass is 387 g/mol. The van der Waals surface area contributed by atoms with Crippen LogP contribution in [0.2, 0.25) is 0 Å². The molecule has 0 fully saturated rings. The number of hydrogen-bond donors (Lipinski definition) is 1. The molecule has 0 aliphatic rings. The Morgan fingerprint density at radius 2 is 2.00 bits per heavy atom. The van der Waals surface area contributed by atoms with Crippen molar-refractivity contribution in [3.63, 3.8) is 0 Å². The molecule has 2 rings (SSSR count). The Kier molecular flexibility index (Phi) is 6.64. The molecule has 0 saturated carbocycles. The summed E-state index contributed by atoms with van der Waals surface area (Å²) in [5.74, 6) is -0.971. The van der Waals surface area contributed by atoms with E-state index in [1.54, 1.807) is 13.0 Å². The Morgan fingerprint density at radius 3 is 2.59 bits per heavy atom. The summed E-state index contributed by atoms with van der Waals surface area (Å²) in [6, 6.07) is 5.12. The van der Waals surface area contributed by atoms with Crippen molar-refractivity contribution in [3.05, 3.63) is 50.6 Å². The molecule has 2 aromatic heterocycles. The van der Waals surface area contributed by atoms with Crippen molar-refractivity contribution in [2.75, 3.05) is 12.4 Å². The number of ketones is 1. The molecule has 0 radical (unpaired) electrons. The number of H-pyrrole nitrogens is 1. The van der Waals surface area contributed by atoms with E-state index in [0.717, 1.165) is 29.7 Å². The number of hydrogen-bond acceptors (Lipinski definition) is 6. The largest absolute Gasteiger partial charge is 0.457 e. The SMILES string of the molecule is CCn1c(C)cc(C(=O)COC(=O)CSc2[nH]c(=O)cc(C)c2C#N)c1C. The third kappa shape index (κ3) is 4.68. The topological polar surface area (TPSA) is 105 Å². The smallest absolute Gasteiger partial charge is 0.316 e. The Bertz CT molecular complexity index is 982. The number of nitrogens with zero attached hydrogens (tertiary/aromatic N) is 2. The van der Waals surface area contributed by atoms with Crippen molar-refractivity contribution >= 4 is 23.5 Å². The molecule has 0 aromatic carbocycles. The van der Waals surface area contributed by atoms with E-state index in [4.69, 9.17) is 4.74 Å². The van der Waals surface area contributed by atoms with Crippen LogP contribution in [0.4, 0.5) is 0 Å². The number of rotatable bonds is 7. The zero-order valence-corrected chi connectivity index (χ0v) is 16.5. The van der Waals surface area contributed by atoms with Gasteiger partial charge in [-0.15, -0.1) is 0 Å². The van der Waals surface area contributed by atoms with E-state index in [-0.39, 0.29) is 23.7 Å². The fourth-order valence-electron chi connectivity index (χ4n) is 2.87. The average molecular weight is 387 g/mol. The van der Waals surface area contributed by atoms with E-state index in [1.165, 1.54) is 6.07 Å². The van der Waals surface area contributed by atoms with Crippen LogP contribution in [0.15, 0.2) is 22.0 Å². The van der Waals surface area contributed by atoms with E-state index < -0.39 is 5.97 Å². The van der Waals surface area contributed by atoms with Crippen LogP contribution in [0, 0.1) is 32.1 Å². The molecule has 0 atom stereocenters. The molecule has 1 N–H and O–H groups in total. The fourth-order valence-corrected chi connectivity index (χ4v) is 3.74. The molecule has 0 spiro atoms. The van der Waals surface area contributed by atoms with Gasteiger partial charge in [0.15, 0.2) is 6.61 Å². The summed E-state index contributed by atoms with van der Waals surface area (Å²) < 4.78 is 7.07. The van der Waals surface area contributed by atoms with Crippen LogP contribution in [0.1, 0.15) is 39.8 Å². The van der Waals surface area contributed by atoms with Crippen LogP contribution in [-0.2, 0) is 16.1 Å². The third-order valence-electron chi connectivity index (χ3n) is 4.21. The summed E-state index contributed by atoms with van der Waals surface area (Å²) >= 11 is 1.00. The van der Waals surface area contributed by atoms with E-state index in [2.05, 4.69) is 4.98 Å². The Labute approximate surface area is 161 Å². The van der Waals surface area contributed by atoms with Crippen molar-refractivity contribution in [1.29, 1.82) is 5.26 Å². The molecule has 0 aliphatic heterocycles. The summed E-state index contributed by atoms with van der Waals surface area (Å²) in [6.45, 7) is 7.85. The molecule has 8 heteroatoms. The minimum absolute atomic E-state index is 0.116. The minimum Gasteiger partial charge on any atom is -0.457 e. The summed E-state index contributed by atoms with van der Waals surface area (Å²) in [5.41, 5.74) is 2.89. The van der Waals surface area contributed by atoms with Crippen molar-refractivity contribution < 1.29 is 14.3 Å². The molecule has 27 heavy (non-hydrogen) atoms. The number of pyridine rings is 1. The van der Waals surface area contributed by atoms with Crippen LogP contribution in [0.3, 0.4) is 0 Å². The van der Waals surface area contributed by atoms with E-state index in [0.29, 0.717) is 21.7 Å². The highest BCUT2D eigenvalue weighted by Crippen LogP contribution is 2.21. The standard InChI is InChI=1S/C19H21N3O4S/c1-5-22-12(3)7-14(13(22)4)16(23)9-26-18(25)10-27-19-15(8-20)11(2)6-17(24)21-19/h6-7H,5,9-10H2,1-4H3,(H,21,24). The highest BCUT2D eigenvalue weighted by Gasteiger charge is 2.17. The van der Waals surface area contributed by atoms with Gasteiger partial charge >= 0.3 is 5.97 Å². The zero-order valence-electron chi connectivity index (χ0n) is 15.7. The summed E-state index contributed by atoms with van der Waals surface area (Å²) in [4.78, 5) is 38.4. The van der Waals surface area contributed by atoms with E-state index in [1.807, 2.05) is 31.4 Å². The number of aromatic nitrogens is 2. The predicted octanol–water partition coefficient (Wildman–Crippen LogP) is 2.51. The first kappa shape index (κ1) is 20.5. The van der Waals surface area contributed by atoms with Crippen molar-refractivity contribution in [2.45, 2.75) is 39.3 Å². The van der Waals surface area contributed by atoms with Gasteiger partial charge in [0.1, 0.15) is 6.07 Å². The second-order valence-electron chi connectivity index (χ2n) is 6.03. The second-order valence-corrected chi connectivity index (χ2v) is 7.02. The maximum atomic E-state index is 12.3. The average Bonchev–Trinajstić information content (AvgIpc) is 2.91. The lowest BCUT2D eigenvalue weighted by molar-refractivity contribution is -0.139. The first-order chi connectivity index (χ1) is 12.8. The molecular formula is C19H21N3O4S. The highest BCUT2D eigenvalue weighted by atomic mass is 32.2. The number of esters is 1. The normalized spacial score (nSPS) is 10.5. The van der Waals surface area contributed by atoms with Gasteiger partial charge in [0.2, 0.25) is 11.3 Å². The second kappa shape index (κ2) is 8.73. The van der Waals surface area contributed by atoms with Gasteiger partial charge in [-0.05, 0) is 39.3 Å². The van der Waals surface area contributed by atoms with Gasteiger partial charge < -0.3 is 14.3 Å². The van der Waals surface area contributed by atoms with Gasteiger partial charge in [0.05, 0.1) is 16.3 Å². The van der Waals surface area contributed by atoms with E-state index >= 15 is 0 Å². The number of aromatic amines is 1. The van der Waals surface area contributed by atoms with Crippen LogP contribution < -0.4 is 5.56 Å². The van der Waals surface area contributed by atoms with Crippen LogP contribution in [-0.4, -0.2) is 33.7 Å². The molecule has 2 heterocycles. The van der Waals surface area contributed by atoms with Gasteiger partial charge in [-0.2, -0.15) is 5.26 Å². The summed E-state index contributed by atoms with van der Waals surface area (Å²) in [5, 5.41) is 9.50. The van der Waals surface area contributed by atoms with Crippen LogP contribution in [0.5, 0.6) is 0 Å². The Balaban J connectivity index is 1.97. The van der Waals surface area contributed by atoms with Gasteiger partial charge in [0, 0.05) is 29.6 Å². The maximum Gasteiger partial charge on any atom is 0.316 e. The maximum absolute atomic E-state index is 12.3. The van der Waals surface area contributed by atoms with Crippen molar-refractivity contribution in [2.24, 2.45) is 0 Å². The first-order valence-electron chi connectivity index (χ1n) is 8.40. The first-order valence-corrected chi connectivity index (χ1v) is 9.39. The minimum atomic E-state index is -0.594. The predicted molar refractivity (Wildman–Crippen MR) is 102 cm³/mol. The lowest BCUT2D eigenvalue weighted by Crippen LogP contribution is -2.17. The molecular weight excluding hydrogens is 366 g/mol. The van der Waals surface area contributed by atoms with Gasteiger partial charge in [-0.1, -0.05) is 11.8 Å². The van der Waals surface area contributed by atoms with E-state index in [9.17, 15) is 19.6 Å². The zero-order chi connectivity index (χ0) is 20.1. The number of aryl methyl sites for hydroxylation is 2. The Hall–Kier alpha value is -2.79. The lowest BCUT2D eigenvalue weighted by Gasteiger charge is -2.07. The Morgan fingerprint density at radius 1 is 1.30 bits per heavy atom.